The smallest absolute Gasteiger partial charge is 0.218 e. The Labute approximate surface area is 117 Å². The van der Waals surface area contributed by atoms with Gasteiger partial charge in [-0.2, -0.15) is 0 Å². The van der Waals surface area contributed by atoms with Gasteiger partial charge in [0.25, 0.3) is 0 Å². The van der Waals surface area contributed by atoms with E-state index in [4.69, 9.17) is 16.3 Å². The monoisotopic (exact) mass is 277 g/mol. The van der Waals surface area contributed by atoms with Crippen LogP contribution in [0.25, 0.3) is 0 Å². The first-order chi connectivity index (χ1) is 9.15. The van der Waals surface area contributed by atoms with E-state index in [2.05, 4.69) is 15.3 Å². The van der Waals surface area contributed by atoms with E-state index in [1.54, 1.807) is 12.3 Å². The number of nitrogens with zero attached hydrogens (tertiary/aromatic N) is 2. The van der Waals surface area contributed by atoms with Gasteiger partial charge in [-0.15, -0.1) is 0 Å². The van der Waals surface area contributed by atoms with E-state index >= 15 is 0 Å². The van der Waals surface area contributed by atoms with Crippen LogP contribution >= 0.6 is 11.6 Å². The molecule has 5 heteroatoms. The summed E-state index contributed by atoms with van der Waals surface area (Å²) in [5.41, 5.74) is 0.984. The van der Waals surface area contributed by atoms with Crippen LogP contribution in [0.4, 0.5) is 5.82 Å². The van der Waals surface area contributed by atoms with E-state index in [1.165, 1.54) is 0 Å². The molecule has 0 aliphatic heterocycles. The van der Waals surface area contributed by atoms with Gasteiger partial charge in [0, 0.05) is 18.3 Å². The van der Waals surface area contributed by atoms with Gasteiger partial charge in [-0.3, -0.25) is 0 Å². The fourth-order valence-corrected chi connectivity index (χ4v) is 1.74. The molecule has 4 nitrogen and oxygen atoms in total. The average molecular weight is 278 g/mol. The number of aromatic nitrogens is 2. The molecule has 2 aromatic rings. The molecule has 0 aliphatic rings. The minimum Gasteiger partial charge on any atom is -0.475 e. The van der Waals surface area contributed by atoms with Crippen LogP contribution in [0.5, 0.6) is 5.88 Å². The van der Waals surface area contributed by atoms with E-state index in [0.717, 1.165) is 11.4 Å². The number of rotatable bonds is 5. The first-order valence-electron chi connectivity index (χ1n) is 6.12. The van der Waals surface area contributed by atoms with Gasteiger partial charge in [0.15, 0.2) is 0 Å². The van der Waals surface area contributed by atoms with E-state index in [0.29, 0.717) is 17.6 Å². The highest BCUT2D eigenvalue weighted by Gasteiger charge is 2.06. The standard InChI is InChI=1S/C14H16ClN3O/c1-10(2)19-14-11(5-4-8-16-14)9-17-13-7-3-6-12(15)18-13/h3-8,10H,9H2,1-2H3,(H,17,18). The fourth-order valence-electron chi connectivity index (χ4n) is 1.58. The maximum Gasteiger partial charge on any atom is 0.218 e. The molecular formula is C14H16ClN3O. The number of anilines is 1. The summed E-state index contributed by atoms with van der Waals surface area (Å²) < 4.78 is 5.66. The zero-order chi connectivity index (χ0) is 13.7. The molecule has 1 N–H and O–H groups in total. The Morgan fingerprint density at radius 2 is 2.11 bits per heavy atom. The van der Waals surface area contributed by atoms with Crippen LogP contribution in [0.15, 0.2) is 36.5 Å². The molecule has 0 amide bonds. The molecule has 0 saturated carbocycles. The molecule has 2 aromatic heterocycles. The minimum absolute atomic E-state index is 0.0953. The van der Waals surface area contributed by atoms with Crippen LogP contribution in [-0.4, -0.2) is 16.1 Å². The second kappa shape index (κ2) is 6.38. The summed E-state index contributed by atoms with van der Waals surface area (Å²) >= 11 is 5.84. The molecule has 0 radical (unpaired) electrons. The molecule has 0 bridgehead atoms. The summed E-state index contributed by atoms with van der Waals surface area (Å²) in [7, 11) is 0. The number of hydrogen-bond acceptors (Lipinski definition) is 4. The van der Waals surface area contributed by atoms with Crippen LogP contribution < -0.4 is 10.1 Å². The second-order valence-electron chi connectivity index (χ2n) is 4.33. The van der Waals surface area contributed by atoms with E-state index < -0.39 is 0 Å². The van der Waals surface area contributed by atoms with Crippen molar-refractivity contribution in [2.45, 2.75) is 26.5 Å². The Bertz CT molecular complexity index is 546. The molecule has 0 spiro atoms. The van der Waals surface area contributed by atoms with Crippen molar-refractivity contribution in [3.05, 3.63) is 47.2 Å². The number of hydrogen-bond donors (Lipinski definition) is 1. The van der Waals surface area contributed by atoms with Gasteiger partial charge in [0.2, 0.25) is 5.88 Å². The summed E-state index contributed by atoms with van der Waals surface area (Å²) in [5, 5.41) is 3.67. The Morgan fingerprint density at radius 3 is 2.84 bits per heavy atom. The van der Waals surface area contributed by atoms with E-state index in [-0.39, 0.29) is 6.10 Å². The third-order valence-corrected chi connectivity index (χ3v) is 2.58. The molecule has 0 atom stereocenters. The summed E-state index contributed by atoms with van der Waals surface area (Å²) in [6, 6.07) is 9.32. The first-order valence-corrected chi connectivity index (χ1v) is 6.50. The third kappa shape index (κ3) is 4.10. The highest BCUT2D eigenvalue weighted by molar-refractivity contribution is 6.29. The van der Waals surface area contributed by atoms with Crippen molar-refractivity contribution in [2.75, 3.05) is 5.32 Å². The summed E-state index contributed by atoms with van der Waals surface area (Å²) in [5.74, 6) is 1.37. The molecule has 0 aromatic carbocycles. The molecule has 2 heterocycles. The lowest BCUT2D eigenvalue weighted by Gasteiger charge is -2.13. The van der Waals surface area contributed by atoms with Crippen molar-refractivity contribution in [1.29, 1.82) is 0 Å². The molecule has 0 unspecified atom stereocenters. The van der Waals surface area contributed by atoms with Gasteiger partial charge < -0.3 is 10.1 Å². The van der Waals surface area contributed by atoms with Crippen molar-refractivity contribution >= 4 is 17.4 Å². The number of pyridine rings is 2. The zero-order valence-electron chi connectivity index (χ0n) is 10.9. The first kappa shape index (κ1) is 13.6. The summed E-state index contributed by atoms with van der Waals surface area (Å²) in [6.45, 7) is 4.54. The molecule has 19 heavy (non-hydrogen) atoms. The van der Waals surface area contributed by atoms with Gasteiger partial charge in [-0.25, -0.2) is 9.97 Å². The summed E-state index contributed by atoms with van der Waals surface area (Å²) in [6.07, 6.45) is 1.82. The maximum atomic E-state index is 5.84. The lowest BCUT2D eigenvalue weighted by atomic mass is 10.2. The highest BCUT2D eigenvalue weighted by atomic mass is 35.5. The van der Waals surface area contributed by atoms with Gasteiger partial charge in [-0.1, -0.05) is 23.7 Å². The molecule has 100 valence electrons. The number of halogens is 1. The Hall–Kier alpha value is -1.81. The van der Waals surface area contributed by atoms with Gasteiger partial charge in [0.1, 0.15) is 11.0 Å². The molecule has 0 fully saturated rings. The Kier molecular flexibility index (Phi) is 4.58. The highest BCUT2D eigenvalue weighted by Crippen LogP contribution is 2.18. The topological polar surface area (TPSA) is 47.0 Å². The van der Waals surface area contributed by atoms with Crippen molar-refractivity contribution < 1.29 is 4.74 Å². The minimum atomic E-state index is 0.0953. The van der Waals surface area contributed by atoms with Gasteiger partial charge in [-0.05, 0) is 32.0 Å². The molecule has 0 aliphatic carbocycles. The molecular weight excluding hydrogens is 262 g/mol. The van der Waals surface area contributed by atoms with Crippen LogP contribution in [0.3, 0.4) is 0 Å². The van der Waals surface area contributed by atoms with Crippen molar-refractivity contribution in [3.63, 3.8) is 0 Å². The molecule has 2 rings (SSSR count). The van der Waals surface area contributed by atoms with Crippen LogP contribution in [-0.2, 0) is 6.54 Å². The predicted molar refractivity (Wildman–Crippen MR) is 76.6 cm³/mol. The quantitative estimate of drug-likeness (QED) is 0.850. The number of ether oxygens (including phenoxy) is 1. The Morgan fingerprint density at radius 1 is 1.26 bits per heavy atom. The Balaban J connectivity index is 2.07. The van der Waals surface area contributed by atoms with E-state index in [9.17, 15) is 0 Å². The zero-order valence-corrected chi connectivity index (χ0v) is 11.7. The van der Waals surface area contributed by atoms with Crippen molar-refractivity contribution in [2.24, 2.45) is 0 Å². The second-order valence-corrected chi connectivity index (χ2v) is 4.72. The van der Waals surface area contributed by atoms with Crippen LogP contribution in [0.2, 0.25) is 5.15 Å². The largest absolute Gasteiger partial charge is 0.475 e. The SMILES string of the molecule is CC(C)Oc1ncccc1CNc1cccc(Cl)n1. The van der Waals surface area contributed by atoms with Gasteiger partial charge in [0.05, 0.1) is 6.10 Å². The van der Waals surface area contributed by atoms with Crippen LogP contribution in [0, 0.1) is 0 Å². The normalized spacial score (nSPS) is 10.5. The van der Waals surface area contributed by atoms with Crippen molar-refractivity contribution in [3.8, 4) is 5.88 Å². The van der Waals surface area contributed by atoms with Crippen molar-refractivity contribution in [1.82, 2.24) is 9.97 Å². The third-order valence-electron chi connectivity index (χ3n) is 2.37. The fraction of sp³-hybridized carbons (Fsp3) is 0.286. The molecule has 0 saturated heterocycles. The lowest BCUT2D eigenvalue weighted by molar-refractivity contribution is 0.230. The van der Waals surface area contributed by atoms with Gasteiger partial charge >= 0.3 is 0 Å². The maximum absolute atomic E-state index is 5.84. The average Bonchev–Trinajstić information content (AvgIpc) is 2.37. The lowest BCUT2D eigenvalue weighted by Crippen LogP contribution is -2.11. The predicted octanol–water partition coefficient (Wildman–Crippen LogP) is 3.53. The number of nitrogens with one attached hydrogen (secondary N) is 1. The summed E-state index contributed by atoms with van der Waals surface area (Å²) in [4.78, 5) is 8.41. The van der Waals surface area contributed by atoms with E-state index in [1.807, 2.05) is 38.1 Å². The van der Waals surface area contributed by atoms with Crippen LogP contribution in [0.1, 0.15) is 19.4 Å².